The van der Waals surface area contributed by atoms with Crippen LogP contribution in [0.2, 0.25) is 0 Å². The van der Waals surface area contributed by atoms with Crippen molar-refractivity contribution in [2.75, 3.05) is 6.54 Å². The molecule has 2 aliphatic carbocycles. The molecule has 5 atom stereocenters. The lowest BCUT2D eigenvalue weighted by molar-refractivity contribution is -0.130. The Bertz CT molecular complexity index is 461. The number of piperidine rings is 1. The van der Waals surface area contributed by atoms with Gasteiger partial charge in [0.1, 0.15) is 0 Å². The maximum atomic E-state index is 12.5. The molecule has 5 unspecified atom stereocenters. The number of hydrogen-bond acceptors (Lipinski definition) is 4. The van der Waals surface area contributed by atoms with Gasteiger partial charge >= 0.3 is 0 Å². The van der Waals surface area contributed by atoms with E-state index in [1.54, 1.807) is 0 Å². The number of carbonyl (C=O) groups excluding carboxylic acids is 2. The average molecular weight is 295 g/mol. The fourth-order valence-electron chi connectivity index (χ4n) is 3.93. The van der Waals surface area contributed by atoms with E-state index in [2.05, 4.69) is 24.5 Å². The zero-order valence-corrected chi connectivity index (χ0v) is 12.6. The quantitative estimate of drug-likeness (QED) is 0.523. The molecule has 0 spiro atoms. The first-order chi connectivity index (χ1) is 9.82. The van der Waals surface area contributed by atoms with Crippen LogP contribution < -0.4 is 16.4 Å². The van der Waals surface area contributed by atoms with Crippen molar-refractivity contribution in [3.05, 3.63) is 0 Å². The monoisotopic (exact) mass is 295 g/mol. The van der Waals surface area contributed by atoms with Gasteiger partial charge in [-0.1, -0.05) is 26.7 Å². The van der Waals surface area contributed by atoms with Crippen LogP contribution >= 0.6 is 0 Å². The molecular weight excluding hydrogens is 270 g/mol. The fraction of sp³-hybridized carbons (Fsp3) is 0.867. The highest BCUT2D eigenvalue weighted by atomic mass is 16.3. The maximum absolute atomic E-state index is 12.5. The molecule has 0 aromatic rings. The summed E-state index contributed by atoms with van der Waals surface area (Å²) in [5.74, 6) is 0.510. The molecule has 2 saturated carbocycles. The summed E-state index contributed by atoms with van der Waals surface area (Å²) in [6.07, 6.45) is 1.51. The van der Waals surface area contributed by atoms with Gasteiger partial charge in [-0.05, 0) is 36.1 Å². The van der Waals surface area contributed by atoms with Gasteiger partial charge in [-0.3, -0.25) is 9.59 Å². The van der Waals surface area contributed by atoms with Gasteiger partial charge < -0.3 is 21.5 Å². The van der Waals surface area contributed by atoms with E-state index in [0.29, 0.717) is 24.2 Å². The van der Waals surface area contributed by atoms with Crippen molar-refractivity contribution in [3.63, 3.8) is 0 Å². The normalized spacial score (nSPS) is 35.7. The number of amides is 2. The second kappa shape index (κ2) is 4.95. The number of primary amides is 1. The van der Waals surface area contributed by atoms with Crippen LogP contribution in [0.1, 0.15) is 33.1 Å². The molecule has 118 valence electrons. The summed E-state index contributed by atoms with van der Waals surface area (Å²) in [7, 11) is 0. The molecule has 1 aliphatic heterocycles. The highest BCUT2D eigenvalue weighted by Crippen LogP contribution is 2.62. The fourth-order valence-corrected chi connectivity index (χ4v) is 3.93. The Kier molecular flexibility index (Phi) is 3.48. The van der Waals surface area contributed by atoms with Crippen LogP contribution in [-0.4, -0.2) is 41.7 Å². The van der Waals surface area contributed by atoms with Crippen LogP contribution in [0.4, 0.5) is 0 Å². The van der Waals surface area contributed by atoms with E-state index in [4.69, 9.17) is 5.73 Å². The largest absolute Gasteiger partial charge is 0.381 e. The van der Waals surface area contributed by atoms with Crippen molar-refractivity contribution >= 4 is 11.8 Å². The number of aliphatic hydroxyl groups excluding tert-OH is 1. The van der Waals surface area contributed by atoms with Gasteiger partial charge in [0.2, 0.25) is 11.8 Å². The van der Waals surface area contributed by atoms with Crippen molar-refractivity contribution in [1.82, 2.24) is 10.6 Å². The molecular formula is C15H25N3O3. The Hall–Kier alpha value is -1.14. The molecule has 6 heteroatoms. The van der Waals surface area contributed by atoms with E-state index in [1.807, 2.05) is 0 Å². The summed E-state index contributed by atoms with van der Waals surface area (Å²) in [6.45, 7) is 5.23. The smallest absolute Gasteiger partial charge is 0.248 e. The molecule has 21 heavy (non-hydrogen) atoms. The molecule has 1 saturated heterocycles. The molecule has 3 fully saturated rings. The first-order valence-corrected chi connectivity index (χ1v) is 7.83. The number of fused-ring (bicyclic) bond motifs is 1. The summed E-state index contributed by atoms with van der Waals surface area (Å²) < 4.78 is 0. The number of hydrogen-bond donors (Lipinski definition) is 4. The van der Waals surface area contributed by atoms with Gasteiger partial charge in [0.15, 0.2) is 6.10 Å². The minimum atomic E-state index is -1.31. The summed E-state index contributed by atoms with van der Waals surface area (Å²) in [5, 5.41) is 16.0. The molecule has 3 aliphatic rings. The molecule has 5 N–H and O–H groups in total. The Morgan fingerprint density at radius 1 is 1.43 bits per heavy atom. The van der Waals surface area contributed by atoms with Crippen molar-refractivity contribution < 1.29 is 14.7 Å². The summed E-state index contributed by atoms with van der Waals surface area (Å²) >= 11 is 0. The van der Waals surface area contributed by atoms with E-state index in [1.165, 1.54) is 0 Å². The molecule has 0 radical (unpaired) electrons. The lowest BCUT2D eigenvalue weighted by Crippen LogP contribution is -2.54. The highest BCUT2D eigenvalue weighted by molar-refractivity contribution is 5.85. The van der Waals surface area contributed by atoms with Crippen LogP contribution in [0, 0.1) is 23.2 Å². The Balaban J connectivity index is 1.62. The number of nitrogens with two attached hydrogens (primary N) is 1. The van der Waals surface area contributed by atoms with Gasteiger partial charge in [-0.2, -0.15) is 0 Å². The zero-order valence-electron chi connectivity index (χ0n) is 12.6. The number of nitrogens with one attached hydrogen (secondary N) is 2. The minimum absolute atomic E-state index is 0.112. The van der Waals surface area contributed by atoms with Crippen LogP contribution in [-0.2, 0) is 9.59 Å². The highest BCUT2D eigenvalue weighted by Gasteiger charge is 2.65. The van der Waals surface area contributed by atoms with Crippen molar-refractivity contribution in [2.45, 2.75) is 51.3 Å². The second-order valence-electron chi connectivity index (χ2n) is 7.48. The Morgan fingerprint density at radius 2 is 2.10 bits per heavy atom. The van der Waals surface area contributed by atoms with Gasteiger partial charge in [-0.15, -0.1) is 0 Å². The van der Waals surface area contributed by atoms with Gasteiger partial charge in [0, 0.05) is 0 Å². The standard InChI is InChI=1S/C15H25N3O3/c1-15(2)8-6-17-11(10(8)15)14(21)18-9(5-7-3-4-7)12(19)13(16)20/h7-12,17,19H,3-6H2,1-2H3,(H2,16,20)(H,18,21). The van der Waals surface area contributed by atoms with E-state index in [9.17, 15) is 14.7 Å². The number of rotatable bonds is 6. The predicted molar refractivity (Wildman–Crippen MR) is 77.0 cm³/mol. The lowest BCUT2D eigenvalue weighted by Gasteiger charge is -2.25. The van der Waals surface area contributed by atoms with Crippen LogP contribution in [0.5, 0.6) is 0 Å². The number of aliphatic hydroxyl groups is 1. The summed E-state index contributed by atoms with van der Waals surface area (Å²) in [6, 6.07) is -0.781. The van der Waals surface area contributed by atoms with Gasteiger partial charge in [-0.25, -0.2) is 0 Å². The van der Waals surface area contributed by atoms with Crippen molar-refractivity contribution in [1.29, 1.82) is 0 Å². The molecule has 0 bridgehead atoms. The van der Waals surface area contributed by atoms with Crippen molar-refractivity contribution in [3.8, 4) is 0 Å². The third kappa shape index (κ3) is 2.66. The average Bonchev–Trinajstić information content (AvgIpc) is 3.23. The molecule has 0 aromatic carbocycles. The van der Waals surface area contributed by atoms with Gasteiger partial charge in [0.05, 0.1) is 12.1 Å². The molecule has 2 amide bonds. The lowest BCUT2D eigenvalue weighted by atomic mass is 10.00. The van der Waals surface area contributed by atoms with E-state index in [-0.39, 0.29) is 17.4 Å². The third-order valence-electron chi connectivity index (χ3n) is 5.62. The summed E-state index contributed by atoms with van der Waals surface area (Å²) in [5.41, 5.74) is 5.39. The minimum Gasteiger partial charge on any atom is -0.381 e. The topological polar surface area (TPSA) is 104 Å². The second-order valence-corrected chi connectivity index (χ2v) is 7.48. The van der Waals surface area contributed by atoms with Gasteiger partial charge in [0.25, 0.3) is 0 Å². The van der Waals surface area contributed by atoms with Crippen LogP contribution in [0.3, 0.4) is 0 Å². The Labute approximate surface area is 124 Å². The Morgan fingerprint density at radius 3 is 2.57 bits per heavy atom. The predicted octanol–water partition coefficient (Wildman–Crippen LogP) is -0.638. The molecule has 0 aromatic heterocycles. The first kappa shape index (κ1) is 14.8. The zero-order chi connectivity index (χ0) is 15.4. The van der Waals surface area contributed by atoms with Crippen LogP contribution in [0.15, 0.2) is 0 Å². The van der Waals surface area contributed by atoms with E-state index < -0.39 is 18.1 Å². The first-order valence-electron chi connectivity index (χ1n) is 7.83. The maximum Gasteiger partial charge on any atom is 0.248 e. The molecule has 6 nitrogen and oxygen atoms in total. The van der Waals surface area contributed by atoms with E-state index in [0.717, 1.165) is 19.4 Å². The van der Waals surface area contributed by atoms with Crippen LogP contribution in [0.25, 0.3) is 0 Å². The molecule has 1 heterocycles. The summed E-state index contributed by atoms with van der Waals surface area (Å²) in [4.78, 5) is 23.7. The number of carbonyl (C=O) groups is 2. The van der Waals surface area contributed by atoms with Crippen molar-refractivity contribution in [2.24, 2.45) is 28.9 Å². The third-order valence-corrected chi connectivity index (χ3v) is 5.62. The van der Waals surface area contributed by atoms with E-state index >= 15 is 0 Å². The SMILES string of the molecule is CC1(C)C2CNC(C(=O)NC(CC3CC3)C(O)C(N)=O)C21. The molecule has 3 rings (SSSR count).